The molecule has 0 radical (unpaired) electrons. The number of anilines is 2. The van der Waals surface area contributed by atoms with E-state index in [2.05, 4.69) is 72.8 Å². The molecule has 2 aliphatic heterocycles. The second-order valence-electron chi connectivity index (χ2n) is 8.44. The van der Waals surface area contributed by atoms with Crippen molar-refractivity contribution < 1.29 is 9.47 Å². The van der Waals surface area contributed by atoms with Gasteiger partial charge < -0.3 is 19.3 Å². The molecule has 0 aromatic heterocycles. The fourth-order valence-electron chi connectivity index (χ4n) is 5.18. The molecule has 1 saturated heterocycles. The zero-order chi connectivity index (χ0) is 20.0. The lowest BCUT2D eigenvalue weighted by molar-refractivity contribution is -0.0436. The van der Waals surface area contributed by atoms with Crippen LogP contribution in [-0.4, -0.2) is 32.3 Å². The van der Waals surface area contributed by atoms with Crippen molar-refractivity contribution in [3.63, 3.8) is 0 Å². The molecule has 29 heavy (non-hydrogen) atoms. The third kappa shape index (κ3) is 3.15. The number of hydrogen-bond donors (Lipinski definition) is 0. The summed E-state index contributed by atoms with van der Waals surface area (Å²) < 4.78 is 11.6. The number of likely N-dealkylation sites (N-methyl/N-ethyl adjacent to an activating group) is 1. The van der Waals surface area contributed by atoms with Crippen LogP contribution in [0.25, 0.3) is 11.1 Å². The molecule has 1 saturated carbocycles. The van der Waals surface area contributed by atoms with Gasteiger partial charge in [0, 0.05) is 24.4 Å². The van der Waals surface area contributed by atoms with E-state index in [0.29, 0.717) is 25.3 Å². The maximum atomic E-state index is 5.81. The largest absolute Gasteiger partial charge is 0.359 e. The maximum absolute atomic E-state index is 5.81. The number of hydrogen-bond acceptors (Lipinski definition) is 4. The van der Waals surface area contributed by atoms with Gasteiger partial charge in [0.25, 0.3) is 0 Å². The van der Waals surface area contributed by atoms with Crippen molar-refractivity contribution >= 4 is 11.4 Å². The Morgan fingerprint density at radius 1 is 0.966 bits per heavy atom. The lowest BCUT2D eigenvalue weighted by Crippen LogP contribution is -2.48. The van der Waals surface area contributed by atoms with Crippen LogP contribution in [0.4, 0.5) is 11.4 Å². The fraction of sp³-hybridized carbons (Fsp3) is 0.440. The highest BCUT2D eigenvalue weighted by molar-refractivity contribution is 5.84. The molecule has 2 heterocycles. The van der Waals surface area contributed by atoms with E-state index >= 15 is 0 Å². The first-order chi connectivity index (χ1) is 14.1. The van der Waals surface area contributed by atoms with E-state index in [0.717, 1.165) is 5.56 Å². The minimum absolute atomic E-state index is 0.269. The summed E-state index contributed by atoms with van der Waals surface area (Å²) in [7, 11) is 2.14. The SMILES string of the molecule is C=C1[C@@H](C)N(C2CCCC2)c2cc(-c3ccccc3C3OCCO3)ccc2N1C. The van der Waals surface area contributed by atoms with E-state index in [4.69, 9.17) is 9.47 Å². The summed E-state index contributed by atoms with van der Waals surface area (Å²) in [5.41, 5.74) is 7.25. The second kappa shape index (κ2) is 7.51. The van der Waals surface area contributed by atoms with Crippen LogP contribution in [0.3, 0.4) is 0 Å². The van der Waals surface area contributed by atoms with Crippen molar-refractivity contribution in [2.45, 2.75) is 51.0 Å². The van der Waals surface area contributed by atoms with Crippen molar-refractivity contribution in [1.29, 1.82) is 0 Å². The molecule has 2 aromatic rings. The normalized spacial score (nSPS) is 23.1. The van der Waals surface area contributed by atoms with Crippen LogP contribution >= 0.6 is 0 Å². The summed E-state index contributed by atoms with van der Waals surface area (Å²) in [5, 5.41) is 0. The highest BCUT2D eigenvalue weighted by Crippen LogP contribution is 2.45. The molecule has 1 aliphatic carbocycles. The van der Waals surface area contributed by atoms with Gasteiger partial charge in [-0.15, -0.1) is 0 Å². The summed E-state index contributed by atoms with van der Waals surface area (Å²) in [5.74, 6) is 0. The minimum atomic E-state index is -0.269. The van der Waals surface area contributed by atoms with Crippen LogP contribution in [-0.2, 0) is 9.47 Å². The molecule has 1 atom stereocenters. The van der Waals surface area contributed by atoms with Gasteiger partial charge in [0.05, 0.1) is 30.6 Å². The van der Waals surface area contributed by atoms with Crippen molar-refractivity contribution in [3.05, 3.63) is 60.3 Å². The summed E-state index contributed by atoms with van der Waals surface area (Å²) >= 11 is 0. The zero-order valence-corrected chi connectivity index (χ0v) is 17.4. The predicted molar refractivity (Wildman–Crippen MR) is 118 cm³/mol. The van der Waals surface area contributed by atoms with Gasteiger partial charge in [-0.25, -0.2) is 0 Å². The molecule has 0 N–H and O–H groups in total. The Balaban J connectivity index is 1.61. The molecular weight excluding hydrogens is 360 g/mol. The molecule has 3 aliphatic rings. The van der Waals surface area contributed by atoms with E-state index in [9.17, 15) is 0 Å². The first-order valence-corrected chi connectivity index (χ1v) is 10.8. The molecular formula is C25H30N2O2. The first kappa shape index (κ1) is 18.7. The summed E-state index contributed by atoms with van der Waals surface area (Å²) in [6.45, 7) is 8.00. The average Bonchev–Trinajstić information content (AvgIpc) is 3.46. The smallest absolute Gasteiger partial charge is 0.184 e. The van der Waals surface area contributed by atoms with Gasteiger partial charge in [-0.3, -0.25) is 0 Å². The van der Waals surface area contributed by atoms with Crippen LogP contribution in [0.15, 0.2) is 54.7 Å². The van der Waals surface area contributed by atoms with Gasteiger partial charge in [-0.1, -0.05) is 49.8 Å². The van der Waals surface area contributed by atoms with Gasteiger partial charge in [0.1, 0.15) is 0 Å². The number of benzene rings is 2. The number of fused-ring (bicyclic) bond motifs is 1. The third-order valence-electron chi connectivity index (χ3n) is 6.81. The van der Waals surface area contributed by atoms with E-state index in [1.807, 2.05) is 0 Å². The lowest BCUT2D eigenvalue weighted by Gasteiger charge is -2.46. The highest BCUT2D eigenvalue weighted by atomic mass is 16.7. The van der Waals surface area contributed by atoms with Crippen LogP contribution in [0.2, 0.25) is 0 Å². The van der Waals surface area contributed by atoms with E-state index in [1.54, 1.807) is 0 Å². The molecule has 0 amide bonds. The Hall–Kier alpha value is -2.30. The van der Waals surface area contributed by atoms with Crippen molar-refractivity contribution in [2.24, 2.45) is 0 Å². The van der Waals surface area contributed by atoms with Crippen molar-refractivity contribution in [3.8, 4) is 11.1 Å². The van der Waals surface area contributed by atoms with Crippen LogP contribution in [0.1, 0.15) is 44.5 Å². The van der Waals surface area contributed by atoms with Gasteiger partial charge in [-0.05, 0) is 43.0 Å². The second-order valence-corrected chi connectivity index (χ2v) is 8.44. The van der Waals surface area contributed by atoms with Crippen LogP contribution in [0, 0.1) is 0 Å². The first-order valence-electron chi connectivity index (χ1n) is 10.8. The molecule has 2 fully saturated rings. The standard InChI is InChI=1S/C25H30N2O2/c1-17-18(2)27(20-8-4-5-9-20)24-16-19(12-13-23(24)26(17)3)21-10-6-7-11-22(21)25-28-14-15-29-25/h6-7,10-13,16,18,20,25H,1,4-5,8-9,14-15H2,2-3H3/t18-/m1/s1. The van der Waals surface area contributed by atoms with Gasteiger partial charge in [0.2, 0.25) is 0 Å². The van der Waals surface area contributed by atoms with E-state index in [-0.39, 0.29) is 6.29 Å². The molecule has 152 valence electrons. The Morgan fingerprint density at radius 3 is 2.45 bits per heavy atom. The topological polar surface area (TPSA) is 24.9 Å². The molecule has 2 aromatic carbocycles. The maximum Gasteiger partial charge on any atom is 0.184 e. The number of ether oxygens (including phenoxy) is 2. The van der Waals surface area contributed by atoms with Crippen molar-refractivity contribution in [1.82, 2.24) is 0 Å². The average molecular weight is 391 g/mol. The monoisotopic (exact) mass is 390 g/mol. The minimum Gasteiger partial charge on any atom is -0.359 e. The van der Waals surface area contributed by atoms with Crippen LogP contribution < -0.4 is 9.80 Å². The Morgan fingerprint density at radius 2 is 1.69 bits per heavy atom. The summed E-state index contributed by atoms with van der Waals surface area (Å²) in [6.07, 6.45) is 4.92. The molecule has 4 heteroatoms. The Labute approximate surface area is 173 Å². The van der Waals surface area contributed by atoms with Gasteiger partial charge >= 0.3 is 0 Å². The molecule has 0 spiro atoms. The number of nitrogens with zero attached hydrogens (tertiary/aromatic N) is 2. The predicted octanol–water partition coefficient (Wildman–Crippen LogP) is 5.50. The van der Waals surface area contributed by atoms with Crippen LogP contribution in [0.5, 0.6) is 0 Å². The molecule has 4 nitrogen and oxygen atoms in total. The highest BCUT2D eigenvalue weighted by Gasteiger charge is 2.35. The van der Waals surface area contributed by atoms with Gasteiger partial charge in [0.15, 0.2) is 6.29 Å². The summed E-state index contributed by atoms with van der Waals surface area (Å²) in [4.78, 5) is 4.88. The third-order valence-corrected chi connectivity index (χ3v) is 6.81. The van der Waals surface area contributed by atoms with E-state index in [1.165, 1.54) is 53.9 Å². The number of rotatable bonds is 3. The van der Waals surface area contributed by atoms with Gasteiger partial charge in [-0.2, -0.15) is 0 Å². The zero-order valence-electron chi connectivity index (χ0n) is 17.4. The Bertz CT molecular complexity index is 913. The summed E-state index contributed by atoms with van der Waals surface area (Å²) in [6, 6.07) is 16.2. The van der Waals surface area contributed by atoms with E-state index < -0.39 is 0 Å². The lowest BCUT2D eigenvalue weighted by atomic mass is 9.95. The molecule has 0 unspecified atom stereocenters. The van der Waals surface area contributed by atoms with Crippen molar-refractivity contribution in [2.75, 3.05) is 30.1 Å². The quantitative estimate of drug-likeness (QED) is 0.691. The molecule has 5 rings (SSSR count). The molecule has 0 bridgehead atoms. The fourth-order valence-corrected chi connectivity index (χ4v) is 5.18. The Kier molecular flexibility index (Phi) is 4.84.